The van der Waals surface area contributed by atoms with Gasteiger partial charge in [0, 0.05) is 5.75 Å². The molecule has 0 aromatic carbocycles. The van der Waals surface area contributed by atoms with Crippen molar-refractivity contribution in [2.75, 3.05) is 5.75 Å². The Morgan fingerprint density at radius 2 is 2.40 bits per heavy atom. The van der Waals surface area contributed by atoms with E-state index in [-0.39, 0.29) is 10.9 Å². The molecule has 0 radical (unpaired) electrons. The van der Waals surface area contributed by atoms with Crippen LogP contribution in [0.4, 0.5) is 0 Å². The summed E-state index contributed by atoms with van der Waals surface area (Å²) in [6, 6.07) is -0.331. The molecule has 4 heteroatoms. The fourth-order valence-corrected chi connectivity index (χ4v) is 4.60. The fourth-order valence-electron chi connectivity index (χ4n) is 2.87. The van der Waals surface area contributed by atoms with Crippen LogP contribution < -0.4 is 5.32 Å². The van der Waals surface area contributed by atoms with Crippen LogP contribution in [-0.2, 0) is 4.79 Å². The van der Waals surface area contributed by atoms with Crippen molar-refractivity contribution in [3.8, 4) is 0 Å². The first kappa shape index (κ1) is 11.3. The van der Waals surface area contributed by atoms with Gasteiger partial charge < -0.3 is 5.11 Å². The van der Waals surface area contributed by atoms with Crippen LogP contribution in [0.3, 0.4) is 0 Å². The summed E-state index contributed by atoms with van der Waals surface area (Å²) in [5.41, 5.74) is 0. The van der Waals surface area contributed by atoms with E-state index in [2.05, 4.69) is 12.2 Å². The number of carbonyl (C=O) groups is 1. The van der Waals surface area contributed by atoms with Crippen molar-refractivity contribution in [1.29, 1.82) is 0 Å². The van der Waals surface area contributed by atoms with Gasteiger partial charge in [0.25, 0.3) is 0 Å². The summed E-state index contributed by atoms with van der Waals surface area (Å²) in [4.78, 5) is 11.0. The van der Waals surface area contributed by atoms with Crippen molar-refractivity contribution >= 4 is 17.7 Å². The Morgan fingerprint density at radius 3 is 3.00 bits per heavy atom. The van der Waals surface area contributed by atoms with E-state index in [1.807, 2.05) is 11.8 Å². The van der Waals surface area contributed by atoms with Crippen molar-refractivity contribution < 1.29 is 9.90 Å². The van der Waals surface area contributed by atoms with Crippen LogP contribution in [0.15, 0.2) is 0 Å². The monoisotopic (exact) mass is 229 g/mol. The molecule has 1 aliphatic carbocycles. The zero-order valence-corrected chi connectivity index (χ0v) is 9.98. The highest BCUT2D eigenvalue weighted by molar-refractivity contribution is 8.01. The van der Waals surface area contributed by atoms with Gasteiger partial charge in [-0.1, -0.05) is 26.2 Å². The number of aliphatic carboxylic acids is 1. The second-order valence-corrected chi connectivity index (χ2v) is 5.94. The van der Waals surface area contributed by atoms with E-state index >= 15 is 0 Å². The Hall–Kier alpha value is -0.220. The van der Waals surface area contributed by atoms with Gasteiger partial charge in [0.05, 0.1) is 4.87 Å². The molecule has 1 saturated heterocycles. The first-order valence-corrected chi connectivity index (χ1v) is 6.81. The van der Waals surface area contributed by atoms with Crippen LogP contribution in [0.1, 0.15) is 39.0 Å². The van der Waals surface area contributed by atoms with Gasteiger partial charge in [0.1, 0.15) is 6.04 Å². The normalized spacial score (nSPS) is 40.9. The van der Waals surface area contributed by atoms with Gasteiger partial charge >= 0.3 is 5.97 Å². The molecule has 0 bridgehead atoms. The minimum atomic E-state index is -0.695. The lowest BCUT2D eigenvalue weighted by atomic mass is 9.82. The molecule has 1 spiro atoms. The van der Waals surface area contributed by atoms with E-state index in [0.717, 1.165) is 18.6 Å². The number of hydrogen-bond acceptors (Lipinski definition) is 3. The molecule has 15 heavy (non-hydrogen) atoms. The van der Waals surface area contributed by atoms with Crippen molar-refractivity contribution in [1.82, 2.24) is 5.32 Å². The van der Waals surface area contributed by atoms with Crippen molar-refractivity contribution in [2.45, 2.75) is 49.9 Å². The molecule has 2 aliphatic rings. The quantitative estimate of drug-likeness (QED) is 0.761. The molecule has 3 atom stereocenters. The first-order chi connectivity index (χ1) is 7.18. The number of rotatable bonds is 2. The number of carboxylic acid groups (broad SMARTS) is 1. The van der Waals surface area contributed by atoms with Crippen LogP contribution in [0.2, 0.25) is 0 Å². The molecular weight excluding hydrogens is 210 g/mol. The minimum absolute atomic E-state index is 0.0794. The Balaban J connectivity index is 2.09. The number of hydrogen-bond donors (Lipinski definition) is 2. The number of nitrogens with one attached hydrogen (secondary N) is 1. The zero-order valence-electron chi connectivity index (χ0n) is 9.16. The van der Waals surface area contributed by atoms with E-state index in [4.69, 9.17) is 5.11 Å². The minimum Gasteiger partial charge on any atom is -0.480 e. The molecule has 1 aliphatic heterocycles. The molecule has 3 nitrogen and oxygen atoms in total. The summed E-state index contributed by atoms with van der Waals surface area (Å²) in [6.45, 7) is 2.22. The van der Waals surface area contributed by atoms with Gasteiger partial charge in [-0.25, -0.2) is 0 Å². The smallest absolute Gasteiger partial charge is 0.321 e. The van der Waals surface area contributed by atoms with Crippen molar-refractivity contribution in [3.63, 3.8) is 0 Å². The molecular formula is C11H19NO2S. The Bertz CT molecular complexity index is 259. The van der Waals surface area contributed by atoms with Gasteiger partial charge in [-0.15, -0.1) is 11.8 Å². The van der Waals surface area contributed by atoms with Crippen LogP contribution in [0.5, 0.6) is 0 Å². The molecule has 86 valence electrons. The third-order valence-electron chi connectivity index (χ3n) is 3.73. The molecule has 0 aromatic rings. The van der Waals surface area contributed by atoms with Crippen molar-refractivity contribution in [2.24, 2.45) is 5.92 Å². The van der Waals surface area contributed by atoms with Gasteiger partial charge in [-0.2, -0.15) is 0 Å². The maximum Gasteiger partial charge on any atom is 0.321 e. The van der Waals surface area contributed by atoms with Gasteiger partial charge in [-0.05, 0) is 18.8 Å². The fraction of sp³-hybridized carbons (Fsp3) is 0.909. The summed E-state index contributed by atoms with van der Waals surface area (Å²) in [6.07, 6.45) is 6.10. The summed E-state index contributed by atoms with van der Waals surface area (Å²) in [7, 11) is 0. The zero-order chi connectivity index (χ0) is 10.9. The Labute approximate surface area is 95.0 Å². The van der Waals surface area contributed by atoms with E-state index in [1.165, 1.54) is 19.3 Å². The highest BCUT2D eigenvalue weighted by Gasteiger charge is 2.47. The second-order valence-electron chi connectivity index (χ2n) is 4.59. The van der Waals surface area contributed by atoms with Crippen LogP contribution in [0.25, 0.3) is 0 Å². The predicted molar refractivity (Wildman–Crippen MR) is 62.0 cm³/mol. The van der Waals surface area contributed by atoms with Gasteiger partial charge in [0.15, 0.2) is 0 Å². The van der Waals surface area contributed by atoms with Crippen molar-refractivity contribution in [3.05, 3.63) is 0 Å². The molecule has 0 aromatic heterocycles. The number of thioether (sulfide) groups is 1. The molecule has 1 heterocycles. The summed E-state index contributed by atoms with van der Waals surface area (Å²) in [5.74, 6) is 0.687. The predicted octanol–water partition coefficient (Wildman–Crippen LogP) is 2.07. The topological polar surface area (TPSA) is 49.3 Å². The molecule has 2 fully saturated rings. The Kier molecular flexibility index (Phi) is 3.26. The molecule has 2 rings (SSSR count). The second kappa shape index (κ2) is 4.34. The van der Waals surface area contributed by atoms with Crippen LogP contribution in [0, 0.1) is 5.92 Å². The van der Waals surface area contributed by atoms with E-state index in [1.54, 1.807) is 0 Å². The lowest BCUT2D eigenvalue weighted by Crippen LogP contribution is -2.51. The molecule has 0 amide bonds. The largest absolute Gasteiger partial charge is 0.480 e. The standard InChI is InChI=1S/C11H19NO2S/c1-2-8-5-3-4-6-11(8)12-9(7-15-11)10(13)14/h8-9,12H,2-7H2,1H3,(H,13,14)/t8?,9-,11?/m1/s1. The highest BCUT2D eigenvalue weighted by atomic mass is 32.2. The first-order valence-electron chi connectivity index (χ1n) is 5.82. The molecule has 2 N–H and O–H groups in total. The maximum absolute atomic E-state index is 10.9. The van der Waals surface area contributed by atoms with E-state index < -0.39 is 5.97 Å². The average molecular weight is 229 g/mol. The van der Waals surface area contributed by atoms with Crippen LogP contribution in [-0.4, -0.2) is 27.7 Å². The lowest BCUT2D eigenvalue weighted by Gasteiger charge is -2.40. The third kappa shape index (κ3) is 2.02. The average Bonchev–Trinajstić information content (AvgIpc) is 2.64. The highest BCUT2D eigenvalue weighted by Crippen LogP contribution is 2.47. The third-order valence-corrected chi connectivity index (χ3v) is 5.40. The Morgan fingerprint density at radius 1 is 1.60 bits per heavy atom. The summed E-state index contributed by atoms with van der Waals surface area (Å²) in [5, 5.41) is 12.4. The van der Waals surface area contributed by atoms with Gasteiger partial charge in [-0.3, -0.25) is 10.1 Å². The van der Waals surface area contributed by atoms with Crippen LogP contribution >= 0.6 is 11.8 Å². The van der Waals surface area contributed by atoms with E-state index in [0.29, 0.717) is 5.92 Å². The molecule has 2 unspecified atom stereocenters. The summed E-state index contributed by atoms with van der Waals surface area (Å²) >= 11 is 1.84. The lowest BCUT2D eigenvalue weighted by molar-refractivity contribution is -0.139. The maximum atomic E-state index is 10.9. The van der Waals surface area contributed by atoms with Gasteiger partial charge in [0.2, 0.25) is 0 Å². The molecule has 1 saturated carbocycles. The van der Waals surface area contributed by atoms with E-state index in [9.17, 15) is 4.79 Å². The summed E-state index contributed by atoms with van der Waals surface area (Å²) < 4.78 is 0. The SMILES string of the molecule is CCC1CCCCC12N[C@@H](C(=O)O)CS2. The number of carboxylic acids is 1.